The lowest BCUT2D eigenvalue weighted by atomic mass is 9.46. The van der Waals surface area contributed by atoms with Crippen LogP contribution in [0.4, 0.5) is 0 Å². The molecule has 44 unspecified atom stereocenters. The van der Waals surface area contributed by atoms with Gasteiger partial charge in [0, 0.05) is 18.3 Å². The van der Waals surface area contributed by atoms with E-state index in [0.717, 1.165) is 261 Å². The van der Waals surface area contributed by atoms with Gasteiger partial charge in [0.05, 0.1) is 46.1 Å². The summed E-state index contributed by atoms with van der Waals surface area (Å²) >= 11 is 0. The van der Waals surface area contributed by atoms with Gasteiger partial charge in [-0.2, -0.15) is 0 Å². The topological polar surface area (TPSA) is 186 Å². The molecule has 30 fully saturated rings. The van der Waals surface area contributed by atoms with E-state index in [9.17, 15) is 34.5 Å². The Balaban J connectivity index is 0.000000167. The Bertz CT molecular complexity index is 3900. The first-order valence-electron chi connectivity index (χ1n) is 58.3. The molecule has 0 aliphatic heterocycles. The average Bonchev–Trinajstić information content (AvgIpc) is 1.62. The van der Waals surface area contributed by atoms with E-state index in [-0.39, 0.29) is 151 Å². The lowest BCUT2D eigenvalue weighted by molar-refractivity contribution is -0.226. The number of rotatable bonds is 13. The second kappa shape index (κ2) is 44.2. The molecule has 12 heteroatoms. The van der Waals surface area contributed by atoms with Gasteiger partial charge in [-0.25, -0.2) is 0 Å². The molecule has 44 atom stereocenters. The third kappa shape index (κ3) is 20.8. The molecular formula is C131H236O12. The number of hydrogen-bond donors (Lipinski definition) is 4. The summed E-state index contributed by atoms with van der Waals surface area (Å²) in [7, 11) is 0. The molecule has 30 bridgehead atoms. The van der Waals surface area contributed by atoms with Gasteiger partial charge in [-0.05, 0) is 540 Å². The molecule has 30 saturated carbocycles. The molecule has 0 aromatic rings. The van der Waals surface area contributed by atoms with Gasteiger partial charge in [0.25, 0.3) is 0 Å². The second-order valence-electron chi connectivity index (χ2n) is 58.7. The van der Waals surface area contributed by atoms with Crippen molar-refractivity contribution in [2.45, 2.75) is 499 Å². The molecule has 0 aromatic heterocycles. The van der Waals surface area contributed by atoms with E-state index in [4.69, 9.17) is 24.1 Å². The van der Waals surface area contributed by atoms with Gasteiger partial charge in [-0.3, -0.25) is 19.2 Å². The Hall–Kier alpha value is -2.28. The summed E-state index contributed by atoms with van der Waals surface area (Å²) in [5.74, 6) is 44.2. The summed E-state index contributed by atoms with van der Waals surface area (Å²) in [5, 5.41) is 40.0. The minimum atomic E-state index is -0.555. The van der Waals surface area contributed by atoms with Gasteiger partial charge < -0.3 is 39.4 Å². The van der Waals surface area contributed by atoms with E-state index in [1.807, 2.05) is 55.4 Å². The summed E-state index contributed by atoms with van der Waals surface area (Å²) in [4.78, 5) is 49.1. The summed E-state index contributed by atoms with van der Waals surface area (Å²) in [6, 6.07) is 0. The highest BCUT2D eigenvalue weighted by molar-refractivity contribution is 5.77. The molecule has 0 heterocycles. The predicted octanol–water partition coefficient (Wildman–Crippen LogP) is 32.6. The van der Waals surface area contributed by atoms with Crippen LogP contribution in [0, 0.1) is 294 Å². The molecule has 0 radical (unpaired) electrons. The third-order valence-corrected chi connectivity index (χ3v) is 51.0. The van der Waals surface area contributed by atoms with Crippen molar-refractivity contribution in [1.82, 2.24) is 0 Å². The minimum Gasteiger partial charge on any atom is -0.463 e. The Morgan fingerprint density at radius 3 is 0.916 bits per heavy atom. The molecule has 0 spiro atoms. The van der Waals surface area contributed by atoms with E-state index in [1.165, 1.54) is 118 Å². The Labute approximate surface area is 882 Å². The number of carbonyl (C=O) groups excluding carboxylic acids is 4. The van der Waals surface area contributed by atoms with Gasteiger partial charge in [0.2, 0.25) is 0 Å². The van der Waals surface area contributed by atoms with Crippen LogP contribution in [0.3, 0.4) is 0 Å². The normalized spacial score (nSPS) is 50.9. The molecule has 12 nitrogen and oxygen atoms in total. The third-order valence-electron chi connectivity index (χ3n) is 51.0. The zero-order valence-corrected chi connectivity index (χ0v) is 88.6. The molecular weight excluding hydrogens is 1770 g/mol. The van der Waals surface area contributed by atoms with Crippen molar-refractivity contribution in [2.24, 2.45) is 294 Å². The maximum Gasteiger partial charge on any atom is 0.312 e. The van der Waals surface area contributed by atoms with E-state index in [1.54, 1.807) is 64.2 Å². The first-order chi connectivity index (χ1) is 62.7. The van der Waals surface area contributed by atoms with E-state index < -0.39 is 22.0 Å². The van der Waals surface area contributed by atoms with Crippen LogP contribution >= 0.6 is 0 Å². The highest BCUT2D eigenvalue weighted by Crippen LogP contribution is 2.76. The fraction of sp³-hybridized carbons (Fsp3) is 0.969. The zero-order chi connectivity index (χ0) is 94.6. The van der Waals surface area contributed by atoms with E-state index in [2.05, 4.69) is 104 Å². The van der Waals surface area contributed by atoms with Crippen molar-refractivity contribution in [2.75, 3.05) is 13.2 Å². The summed E-state index contributed by atoms with van der Waals surface area (Å²) in [5.41, 5.74) is -3.07. The van der Waals surface area contributed by atoms with Crippen molar-refractivity contribution in [1.29, 1.82) is 0 Å². The lowest BCUT2D eigenvalue weighted by Crippen LogP contribution is -2.61. The van der Waals surface area contributed by atoms with Crippen molar-refractivity contribution in [3.05, 3.63) is 0 Å². The van der Waals surface area contributed by atoms with Crippen LogP contribution in [0.2, 0.25) is 0 Å². The molecule has 143 heavy (non-hydrogen) atoms. The van der Waals surface area contributed by atoms with Gasteiger partial charge in [-0.1, -0.05) is 178 Å². The standard InChI is InChI=1S/C19H32O2.2C16H26O3.2C15H24.C14H22O.C14H22.C12H20O3.10CH4/c1-6-17(2,3)16(20)21-18(4,5)19-10-13-7-14(11-19)9-15(8-13)12-19;2*1-4-14(2,3)13(17)19-16-8-11-5-12(9-16)7-15(18,6-11)10-16;2*1-7-4-10-5-11(7)15-13-6-12(14(10)15)8(2)9(13)3;1-6-7(2)10-5-9(6)13-8-3-11(14(10)13)12(15)4-8;1-7-8(2)12-6-11(7)13-9-3-4-10(5-9)14(12)13;1-7-8(2)10-5-9(7)6-11(10)12(14)15-4-3-13;;;;;;;;;;/h13-15H,6-12H2,1-5H3;2*11-12,18H,4-10H2,1-3H3;2*7-15H,4-6H2,1-3H3;6-15H,3-5H2,1-2H3;7-14H,3-6H2,1-2H3;7-11,13H,3-6H2,1-2H3;10*1H4. The highest BCUT2D eigenvalue weighted by atomic mass is 16.6. The van der Waals surface area contributed by atoms with E-state index in [0.29, 0.717) is 54.3 Å². The van der Waals surface area contributed by atoms with Crippen LogP contribution in [0.15, 0.2) is 0 Å². The number of fused-ring (bicyclic) bond motifs is 38. The number of carbonyl (C=O) groups is 4. The molecule has 30 rings (SSSR count). The summed E-state index contributed by atoms with van der Waals surface area (Å²) in [6.45, 7) is 52.2. The molecule has 0 saturated heterocycles. The quantitative estimate of drug-likeness (QED) is 0.0778. The van der Waals surface area contributed by atoms with Crippen molar-refractivity contribution in [3.8, 4) is 0 Å². The fourth-order valence-corrected chi connectivity index (χ4v) is 43.9. The molecule has 832 valence electrons. The largest absolute Gasteiger partial charge is 0.463 e. The second-order valence-corrected chi connectivity index (χ2v) is 58.7. The van der Waals surface area contributed by atoms with E-state index >= 15 is 0 Å². The number of ether oxygens (including phenoxy) is 4. The SMILES string of the molecule is C.C.C.C.C.C.C.C.C.C.CC1C(C)C2CC1C1C3CC(O)C(C3)C21.CC1C(C)C2CC1C1C3CCC(C3)C21.CC1C2CC(C(=O)OCCO)C(C2)C1C.CC1CC2CC1C1C3CC(C(C)C3C)C21.CC1CC2CC1C1C3CC(C(C)C3C)C21.CCC(C)(C)C(=O)OC(C)(C)C12CC3CC(CC(C3)C1)C2.CCC(C)(C)C(=O)OC12CC3CC(CC(O)(C3)C1)C2.CCC(C)(C)C(=O)OC12CC3CC(CC(O)(C3)C1)C2. The molecule has 0 aromatic carbocycles. The fourth-order valence-electron chi connectivity index (χ4n) is 43.9. The number of esters is 4. The lowest BCUT2D eigenvalue weighted by Gasteiger charge is -2.61. The van der Waals surface area contributed by atoms with Gasteiger partial charge >= 0.3 is 23.9 Å². The van der Waals surface area contributed by atoms with Crippen molar-refractivity contribution < 1.29 is 58.6 Å². The highest BCUT2D eigenvalue weighted by Gasteiger charge is 2.71. The number of hydrogen-bond acceptors (Lipinski definition) is 12. The smallest absolute Gasteiger partial charge is 0.312 e. The Morgan fingerprint density at radius 1 is 0.301 bits per heavy atom. The van der Waals surface area contributed by atoms with Crippen LogP contribution in [0.5, 0.6) is 0 Å². The van der Waals surface area contributed by atoms with Crippen molar-refractivity contribution in [3.63, 3.8) is 0 Å². The van der Waals surface area contributed by atoms with Crippen LogP contribution in [0.1, 0.15) is 465 Å². The van der Waals surface area contributed by atoms with Crippen LogP contribution in [-0.4, -0.2) is 91.6 Å². The first-order valence-corrected chi connectivity index (χ1v) is 58.3. The Morgan fingerprint density at radius 2 is 0.594 bits per heavy atom. The van der Waals surface area contributed by atoms with Gasteiger partial charge in [-0.15, -0.1) is 0 Å². The minimum absolute atomic E-state index is 0. The predicted molar refractivity (Wildman–Crippen MR) is 595 cm³/mol. The Kier molecular flexibility index (Phi) is 37.9. The number of aliphatic hydroxyl groups excluding tert-OH is 2. The zero-order valence-electron chi connectivity index (χ0n) is 88.6. The summed E-state index contributed by atoms with van der Waals surface area (Å²) < 4.78 is 23.1. The first kappa shape index (κ1) is 123. The molecule has 30 aliphatic rings. The van der Waals surface area contributed by atoms with Crippen LogP contribution in [0.25, 0.3) is 0 Å². The average molecular weight is 2000 g/mol. The maximum atomic E-state index is 12.6. The van der Waals surface area contributed by atoms with Crippen LogP contribution in [-0.2, 0) is 38.1 Å². The monoisotopic (exact) mass is 2000 g/mol. The number of aliphatic hydroxyl groups is 4. The van der Waals surface area contributed by atoms with Crippen molar-refractivity contribution >= 4 is 23.9 Å². The maximum absolute atomic E-state index is 12.6. The van der Waals surface area contributed by atoms with Crippen LogP contribution < -0.4 is 0 Å². The molecule has 30 aliphatic carbocycles. The molecule has 4 N–H and O–H groups in total. The van der Waals surface area contributed by atoms with Gasteiger partial charge in [0.15, 0.2) is 0 Å². The summed E-state index contributed by atoms with van der Waals surface area (Å²) in [6.07, 6.45) is 44.2. The molecule has 0 amide bonds. The van der Waals surface area contributed by atoms with Gasteiger partial charge in [0.1, 0.15) is 23.4 Å².